The third-order valence-electron chi connectivity index (χ3n) is 3.89. The lowest BCUT2D eigenvalue weighted by Crippen LogP contribution is -2.58. The van der Waals surface area contributed by atoms with E-state index >= 15 is 0 Å². The van der Waals surface area contributed by atoms with E-state index in [1.54, 1.807) is 0 Å². The predicted octanol–water partition coefficient (Wildman–Crippen LogP) is -1.52. The number of carboxylic acid groups (broad SMARTS) is 1. The largest absolute Gasteiger partial charge is 0.480 e. The zero-order valence-corrected chi connectivity index (χ0v) is 11.2. The number of nitrogens with zero attached hydrogens (tertiary/aromatic N) is 4. The Kier molecular flexibility index (Phi) is 2.04. The molecule has 0 saturated carbocycles. The highest BCUT2D eigenvalue weighted by Crippen LogP contribution is 2.46. The van der Waals surface area contributed by atoms with Crippen molar-refractivity contribution in [3.05, 3.63) is 12.3 Å². The van der Waals surface area contributed by atoms with Gasteiger partial charge in [-0.25, -0.2) is 13.2 Å². The molecule has 1 aromatic heterocycles. The molecule has 0 unspecified atom stereocenters. The van der Waals surface area contributed by atoms with E-state index in [0.717, 1.165) is 9.58 Å². The van der Waals surface area contributed by atoms with Gasteiger partial charge >= 0.3 is 5.97 Å². The summed E-state index contributed by atoms with van der Waals surface area (Å²) in [6.07, 6.45) is -1.09. The summed E-state index contributed by atoms with van der Waals surface area (Å²) in [7, 11) is -3.97. The molecule has 9 nitrogen and oxygen atoms in total. The Morgan fingerprint density at radius 1 is 1.70 bits per heavy atom. The van der Waals surface area contributed by atoms with Gasteiger partial charge in [-0.2, -0.15) is 0 Å². The minimum absolute atomic E-state index is 0.240. The number of aliphatic carboxylic acids is 1. The molecule has 2 aliphatic rings. The monoisotopic (exact) mass is 302 g/mol. The number of hydrogen-bond acceptors (Lipinski definition) is 6. The van der Waals surface area contributed by atoms with E-state index < -0.39 is 56.8 Å². The van der Waals surface area contributed by atoms with Crippen molar-refractivity contribution in [3.8, 4) is 0 Å². The summed E-state index contributed by atoms with van der Waals surface area (Å²) in [4.78, 5) is 24.0. The van der Waals surface area contributed by atoms with Gasteiger partial charge in [-0.05, 0) is 6.92 Å². The molecule has 1 aromatic rings. The quantitative estimate of drug-likeness (QED) is 0.672. The molecule has 2 saturated heterocycles. The minimum atomic E-state index is -3.97. The molecule has 3 atom stereocenters. The number of β-lactam (4-membered cyclic amide) rings is 1. The van der Waals surface area contributed by atoms with Crippen LogP contribution in [-0.4, -0.2) is 61.5 Å². The molecular weight excluding hydrogens is 288 g/mol. The van der Waals surface area contributed by atoms with Crippen molar-refractivity contribution < 1.29 is 25.9 Å². The SMILES string of the molecule is [2H]c1nnn(C[C@@]2(C)[C@H](C(=O)O)N3C(=O)C[C@H]3S2(=O)=O)c1[2H]. The van der Waals surface area contributed by atoms with Crippen molar-refractivity contribution >= 4 is 21.7 Å². The van der Waals surface area contributed by atoms with E-state index in [1.165, 1.54) is 6.92 Å². The minimum Gasteiger partial charge on any atom is -0.480 e. The first-order valence-electron chi connectivity index (χ1n) is 6.75. The highest BCUT2D eigenvalue weighted by atomic mass is 32.2. The number of rotatable bonds is 3. The molecule has 0 aromatic carbocycles. The smallest absolute Gasteiger partial charge is 0.328 e. The van der Waals surface area contributed by atoms with Crippen molar-refractivity contribution in [1.29, 1.82) is 0 Å². The molecule has 1 amide bonds. The first kappa shape index (κ1) is 10.8. The zero-order chi connectivity index (χ0) is 16.4. The second-order valence-electron chi connectivity index (χ2n) is 5.03. The van der Waals surface area contributed by atoms with Crippen LogP contribution < -0.4 is 0 Å². The molecule has 2 fully saturated rings. The molecule has 10 heteroatoms. The van der Waals surface area contributed by atoms with E-state index in [1.807, 2.05) is 0 Å². The summed E-state index contributed by atoms with van der Waals surface area (Å²) >= 11 is 0. The fourth-order valence-electron chi connectivity index (χ4n) is 2.84. The number of fused-ring (bicyclic) bond motifs is 1. The van der Waals surface area contributed by atoms with E-state index in [2.05, 4.69) is 10.3 Å². The Balaban J connectivity index is 2.10. The highest BCUT2D eigenvalue weighted by Gasteiger charge is 2.70. The summed E-state index contributed by atoms with van der Waals surface area (Å²) in [6, 6.07) is -1.55. The van der Waals surface area contributed by atoms with Crippen molar-refractivity contribution in [1.82, 2.24) is 19.9 Å². The van der Waals surface area contributed by atoms with Gasteiger partial charge in [-0.15, -0.1) is 5.10 Å². The molecule has 0 radical (unpaired) electrons. The number of carbonyl (C=O) groups excluding carboxylic acids is 1. The molecule has 2 aliphatic heterocycles. The van der Waals surface area contributed by atoms with Crippen LogP contribution >= 0.6 is 0 Å². The zero-order valence-electron chi connectivity index (χ0n) is 12.3. The predicted molar refractivity (Wildman–Crippen MR) is 64.0 cm³/mol. The van der Waals surface area contributed by atoms with Crippen LogP contribution in [0.4, 0.5) is 0 Å². The maximum atomic E-state index is 12.6. The number of carboxylic acids is 1. The molecular formula is C10H12N4O5S. The van der Waals surface area contributed by atoms with Crippen LogP contribution in [0.1, 0.15) is 16.1 Å². The Morgan fingerprint density at radius 2 is 2.40 bits per heavy atom. The van der Waals surface area contributed by atoms with E-state index in [0.29, 0.717) is 0 Å². The van der Waals surface area contributed by atoms with E-state index in [4.69, 9.17) is 2.74 Å². The standard InChI is InChI=1S/C10H12N4O5S/c1-10(5-13-3-2-11-12-13)8(9(16)17)14-6(15)4-7(14)20(10,18)19/h2-3,7-8H,4-5H2,1H3,(H,16,17)/t7-,8+,10+/m1/s1/i2D,3D. The van der Waals surface area contributed by atoms with E-state index in [9.17, 15) is 23.1 Å². The first-order chi connectivity index (χ1) is 10.1. The lowest BCUT2D eigenvalue weighted by molar-refractivity contribution is -0.157. The number of aromatic nitrogens is 3. The number of amides is 1. The van der Waals surface area contributed by atoms with Gasteiger partial charge in [0.2, 0.25) is 5.91 Å². The van der Waals surface area contributed by atoms with Gasteiger partial charge in [0, 0.05) is 6.17 Å². The van der Waals surface area contributed by atoms with Crippen LogP contribution in [0, 0.1) is 0 Å². The Morgan fingerprint density at radius 3 is 2.90 bits per heavy atom. The van der Waals surface area contributed by atoms with Gasteiger partial charge in [0.05, 0.1) is 21.9 Å². The molecule has 0 spiro atoms. The lowest BCUT2D eigenvalue weighted by Gasteiger charge is -2.35. The van der Waals surface area contributed by atoms with Gasteiger partial charge in [-0.3, -0.25) is 9.48 Å². The third-order valence-corrected chi connectivity index (χ3v) is 6.65. The molecule has 1 N–H and O–H groups in total. The Hall–Kier alpha value is -1.97. The topological polar surface area (TPSA) is 122 Å². The van der Waals surface area contributed by atoms with Gasteiger partial charge in [0.15, 0.2) is 15.9 Å². The Bertz CT molecular complexity index is 793. The average molecular weight is 302 g/mol. The number of hydrogen-bond donors (Lipinski definition) is 1. The van der Waals surface area contributed by atoms with Crippen LogP contribution in [0.3, 0.4) is 0 Å². The van der Waals surface area contributed by atoms with Crippen LogP contribution in [0.25, 0.3) is 0 Å². The molecule has 0 bridgehead atoms. The summed E-state index contributed by atoms with van der Waals surface area (Å²) in [5.41, 5.74) is 0. The van der Waals surface area contributed by atoms with Crippen LogP contribution in [0.5, 0.6) is 0 Å². The average Bonchev–Trinajstić information content (AvgIpc) is 2.78. The second-order valence-corrected chi connectivity index (χ2v) is 7.60. The lowest BCUT2D eigenvalue weighted by atomic mass is 9.96. The maximum absolute atomic E-state index is 12.6. The highest BCUT2D eigenvalue weighted by molar-refractivity contribution is 7.93. The molecule has 0 aliphatic carbocycles. The van der Waals surface area contributed by atoms with Crippen molar-refractivity contribution in [2.45, 2.75) is 36.1 Å². The van der Waals surface area contributed by atoms with Crippen molar-refractivity contribution in [2.24, 2.45) is 0 Å². The molecule has 108 valence electrons. The van der Waals surface area contributed by atoms with Gasteiger partial charge in [0.25, 0.3) is 0 Å². The van der Waals surface area contributed by atoms with Crippen LogP contribution in [0.15, 0.2) is 12.3 Å². The Labute approximate surface area is 116 Å². The molecule has 3 heterocycles. The molecule has 20 heavy (non-hydrogen) atoms. The fraction of sp³-hybridized carbons (Fsp3) is 0.600. The second kappa shape index (κ2) is 3.78. The van der Waals surface area contributed by atoms with Crippen molar-refractivity contribution in [2.75, 3.05) is 0 Å². The summed E-state index contributed by atoms with van der Waals surface area (Å²) in [5.74, 6) is -1.96. The molecule has 3 rings (SSSR count). The van der Waals surface area contributed by atoms with Gasteiger partial charge in [-0.1, -0.05) is 5.21 Å². The van der Waals surface area contributed by atoms with Gasteiger partial charge in [0.1, 0.15) is 10.1 Å². The van der Waals surface area contributed by atoms with E-state index in [-0.39, 0.29) is 6.42 Å². The summed E-state index contributed by atoms with van der Waals surface area (Å²) in [5, 5.41) is 15.1. The third kappa shape index (κ3) is 1.39. The number of sulfone groups is 1. The maximum Gasteiger partial charge on any atom is 0.328 e. The van der Waals surface area contributed by atoms with Crippen LogP contribution in [0.2, 0.25) is 0 Å². The number of carbonyl (C=O) groups is 2. The van der Waals surface area contributed by atoms with Gasteiger partial charge < -0.3 is 10.0 Å². The fourth-order valence-corrected chi connectivity index (χ4v) is 5.18. The van der Waals surface area contributed by atoms with Crippen molar-refractivity contribution in [3.63, 3.8) is 0 Å². The normalized spacial score (nSPS) is 36.0. The summed E-state index contributed by atoms with van der Waals surface area (Å²) < 4.78 is 39.2. The first-order valence-corrected chi connectivity index (χ1v) is 7.30. The summed E-state index contributed by atoms with van der Waals surface area (Å²) in [6.45, 7) is 0.759. The van der Waals surface area contributed by atoms with Crippen LogP contribution in [-0.2, 0) is 26.0 Å².